The Morgan fingerprint density at radius 2 is 2.00 bits per heavy atom. The lowest BCUT2D eigenvalue weighted by Crippen LogP contribution is -2.15. The molecular formula is C8H14O4. The zero-order valence-electron chi connectivity index (χ0n) is 7.62. The average molecular weight is 174 g/mol. The van der Waals surface area contributed by atoms with Crippen LogP contribution in [-0.4, -0.2) is 25.7 Å². The predicted octanol–water partition coefficient (Wildman–Crippen LogP) is 0.749. The minimum absolute atomic E-state index is 0.214. The average Bonchev–Trinajstić information content (AvgIpc) is 2.02. The summed E-state index contributed by atoms with van der Waals surface area (Å²) in [7, 11) is 1.34. The second-order valence-electron chi connectivity index (χ2n) is 2.55. The Morgan fingerprint density at radius 3 is 2.42 bits per heavy atom. The third-order valence-corrected chi connectivity index (χ3v) is 1.46. The molecule has 0 spiro atoms. The zero-order chi connectivity index (χ0) is 9.56. The van der Waals surface area contributed by atoms with E-state index in [9.17, 15) is 9.59 Å². The molecule has 0 amide bonds. The smallest absolute Gasteiger partial charge is 0.308 e. The van der Waals surface area contributed by atoms with E-state index >= 15 is 0 Å². The molecule has 0 saturated heterocycles. The number of rotatable bonds is 4. The maximum absolute atomic E-state index is 10.8. The van der Waals surface area contributed by atoms with Crippen molar-refractivity contribution in [3.8, 4) is 0 Å². The first-order valence-electron chi connectivity index (χ1n) is 3.79. The van der Waals surface area contributed by atoms with Gasteiger partial charge >= 0.3 is 11.9 Å². The summed E-state index contributed by atoms with van der Waals surface area (Å²) in [4.78, 5) is 21.2. The van der Waals surface area contributed by atoms with E-state index in [4.69, 9.17) is 0 Å². The molecule has 0 radical (unpaired) electrons. The van der Waals surface area contributed by atoms with Gasteiger partial charge in [-0.2, -0.15) is 0 Å². The summed E-state index contributed by atoms with van der Waals surface area (Å²) in [5.74, 6) is -0.816. The Bertz CT molecular complexity index is 164. The van der Waals surface area contributed by atoms with Gasteiger partial charge in [-0.1, -0.05) is 6.92 Å². The van der Waals surface area contributed by atoms with Crippen LogP contribution < -0.4 is 0 Å². The largest absolute Gasteiger partial charge is 0.469 e. The van der Waals surface area contributed by atoms with Gasteiger partial charge in [0, 0.05) is 6.92 Å². The molecule has 0 aromatic carbocycles. The van der Waals surface area contributed by atoms with Crippen molar-refractivity contribution >= 4 is 11.9 Å². The number of carbonyl (C=O) groups is 2. The SMILES string of the molecule is COC(=O)C(C)CCOC(C)=O. The zero-order valence-corrected chi connectivity index (χ0v) is 7.62. The molecular weight excluding hydrogens is 160 g/mol. The topological polar surface area (TPSA) is 52.6 Å². The molecule has 1 atom stereocenters. The molecule has 70 valence electrons. The van der Waals surface area contributed by atoms with Crippen LogP contribution in [0.5, 0.6) is 0 Å². The van der Waals surface area contributed by atoms with Crippen LogP contribution in [-0.2, 0) is 19.1 Å². The highest BCUT2D eigenvalue weighted by Crippen LogP contribution is 2.03. The number of methoxy groups -OCH3 is 1. The van der Waals surface area contributed by atoms with Gasteiger partial charge in [-0.3, -0.25) is 9.59 Å². The molecule has 0 aromatic rings. The number of hydrogen-bond donors (Lipinski definition) is 0. The first-order valence-corrected chi connectivity index (χ1v) is 3.79. The van der Waals surface area contributed by atoms with E-state index in [0.717, 1.165) is 0 Å². The summed E-state index contributed by atoms with van der Waals surface area (Å²) in [6, 6.07) is 0. The van der Waals surface area contributed by atoms with Gasteiger partial charge in [0.15, 0.2) is 0 Å². The molecule has 0 N–H and O–H groups in total. The summed E-state index contributed by atoms with van der Waals surface area (Å²) in [6.45, 7) is 3.34. The minimum Gasteiger partial charge on any atom is -0.469 e. The van der Waals surface area contributed by atoms with Crippen molar-refractivity contribution in [2.24, 2.45) is 5.92 Å². The fraction of sp³-hybridized carbons (Fsp3) is 0.750. The van der Waals surface area contributed by atoms with Crippen molar-refractivity contribution in [1.82, 2.24) is 0 Å². The summed E-state index contributed by atoms with van der Waals surface area (Å²) >= 11 is 0. The van der Waals surface area contributed by atoms with Gasteiger partial charge in [-0.15, -0.1) is 0 Å². The first kappa shape index (κ1) is 10.9. The van der Waals surface area contributed by atoms with Crippen LogP contribution in [0, 0.1) is 5.92 Å². The van der Waals surface area contributed by atoms with Crippen LogP contribution >= 0.6 is 0 Å². The highest BCUT2D eigenvalue weighted by atomic mass is 16.5. The molecule has 0 rings (SSSR count). The van der Waals surface area contributed by atoms with E-state index in [-0.39, 0.29) is 24.5 Å². The minimum atomic E-state index is -0.327. The van der Waals surface area contributed by atoms with Crippen LogP contribution in [0.3, 0.4) is 0 Å². The third-order valence-electron chi connectivity index (χ3n) is 1.46. The van der Waals surface area contributed by atoms with Crippen molar-refractivity contribution < 1.29 is 19.1 Å². The summed E-state index contributed by atoms with van der Waals surface area (Å²) in [5.41, 5.74) is 0. The van der Waals surface area contributed by atoms with Crippen molar-refractivity contribution in [1.29, 1.82) is 0 Å². The lowest BCUT2D eigenvalue weighted by molar-refractivity contribution is -0.148. The summed E-state index contributed by atoms with van der Waals surface area (Å²) in [5, 5.41) is 0. The maximum atomic E-state index is 10.8. The highest BCUT2D eigenvalue weighted by Gasteiger charge is 2.12. The summed E-state index contributed by atoms with van der Waals surface area (Å²) in [6.07, 6.45) is 0.506. The van der Waals surface area contributed by atoms with Crippen molar-refractivity contribution in [3.63, 3.8) is 0 Å². The second kappa shape index (κ2) is 5.57. The Morgan fingerprint density at radius 1 is 1.42 bits per heavy atom. The van der Waals surface area contributed by atoms with Gasteiger partial charge < -0.3 is 9.47 Å². The second-order valence-corrected chi connectivity index (χ2v) is 2.55. The first-order chi connectivity index (χ1) is 5.57. The van der Waals surface area contributed by atoms with Gasteiger partial charge in [-0.25, -0.2) is 0 Å². The molecule has 0 fully saturated rings. The predicted molar refractivity (Wildman–Crippen MR) is 42.4 cm³/mol. The number of esters is 2. The molecule has 0 saturated carbocycles. The van der Waals surface area contributed by atoms with Crippen LogP contribution in [0.4, 0.5) is 0 Å². The number of ether oxygens (including phenoxy) is 2. The molecule has 1 unspecified atom stereocenters. The lowest BCUT2D eigenvalue weighted by atomic mass is 10.1. The number of carbonyl (C=O) groups excluding carboxylic acids is 2. The van der Waals surface area contributed by atoms with Crippen molar-refractivity contribution in [3.05, 3.63) is 0 Å². The van der Waals surface area contributed by atoms with Crippen LogP contribution in [0.25, 0.3) is 0 Å². The molecule has 0 bridgehead atoms. The van der Waals surface area contributed by atoms with E-state index in [0.29, 0.717) is 6.42 Å². The van der Waals surface area contributed by atoms with E-state index in [1.165, 1.54) is 14.0 Å². The monoisotopic (exact) mass is 174 g/mol. The van der Waals surface area contributed by atoms with Gasteiger partial charge in [0.25, 0.3) is 0 Å². The quantitative estimate of drug-likeness (QED) is 0.590. The van der Waals surface area contributed by atoms with E-state index < -0.39 is 0 Å². The maximum Gasteiger partial charge on any atom is 0.308 e. The summed E-state index contributed by atoms with van der Waals surface area (Å²) < 4.78 is 9.15. The third kappa shape index (κ3) is 4.71. The molecule has 4 heteroatoms. The van der Waals surface area contributed by atoms with Gasteiger partial charge in [0.1, 0.15) is 0 Å². The van der Waals surface area contributed by atoms with Gasteiger partial charge in [-0.05, 0) is 6.42 Å². The van der Waals surface area contributed by atoms with Crippen molar-refractivity contribution in [2.75, 3.05) is 13.7 Å². The lowest BCUT2D eigenvalue weighted by Gasteiger charge is -2.07. The molecule has 0 heterocycles. The fourth-order valence-corrected chi connectivity index (χ4v) is 0.698. The van der Waals surface area contributed by atoms with E-state index in [2.05, 4.69) is 9.47 Å². The highest BCUT2D eigenvalue weighted by molar-refractivity contribution is 5.71. The molecule has 4 nitrogen and oxygen atoms in total. The fourth-order valence-electron chi connectivity index (χ4n) is 0.698. The Hall–Kier alpha value is -1.06. The Kier molecular flexibility index (Phi) is 5.08. The number of hydrogen-bond acceptors (Lipinski definition) is 4. The van der Waals surface area contributed by atoms with Crippen molar-refractivity contribution in [2.45, 2.75) is 20.3 Å². The molecule has 0 aliphatic heterocycles. The Labute approximate surface area is 71.8 Å². The van der Waals surface area contributed by atoms with Crippen LogP contribution in [0.15, 0.2) is 0 Å². The standard InChI is InChI=1S/C8H14O4/c1-6(8(10)11-3)4-5-12-7(2)9/h6H,4-5H2,1-3H3. The molecule has 12 heavy (non-hydrogen) atoms. The normalized spacial score (nSPS) is 11.9. The Balaban J connectivity index is 3.50. The van der Waals surface area contributed by atoms with Crippen LogP contribution in [0.2, 0.25) is 0 Å². The molecule has 0 aliphatic carbocycles. The van der Waals surface area contributed by atoms with Gasteiger partial charge in [0.2, 0.25) is 0 Å². The molecule has 0 aromatic heterocycles. The molecule has 0 aliphatic rings. The van der Waals surface area contributed by atoms with E-state index in [1.54, 1.807) is 6.92 Å². The van der Waals surface area contributed by atoms with E-state index in [1.807, 2.05) is 0 Å². The van der Waals surface area contributed by atoms with Crippen LogP contribution in [0.1, 0.15) is 20.3 Å². The van der Waals surface area contributed by atoms with Gasteiger partial charge in [0.05, 0.1) is 19.6 Å².